The largest absolute Gasteiger partial charge is 0.308 e. The number of hydrogen-bond acceptors (Lipinski definition) is 3. The minimum absolute atomic E-state index is 0.108. The molecule has 18 heavy (non-hydrogen) atoms. The molecule has 0 saturated carbocycles. The average molecular weight is 284 g/mol. The highest BCUT2D eigenvalue weighted by molar-refractivity contribution is 7.98. The fraction of sp³-hybridized carbons (Fsp3) is 0.538. The van der Waals surface area contributed by atoms with E-state index >= 15 is 0 Å². The molecule has 0 saturated heterocycles. The predicted octanol–water partition coefficient (Wildman–Crippen LogP) is 3.96. The minimum Gasteiger partial charge on any atom is -0.308 e. The van der Waals surface area contributed by atoms with Crippen molar-refractivity contribution in [3.63, 3.8) is 0 Å². The summed E-state index contributed by atoms with van der Waals surface area (Å²) in [5.74, 6) is 1.93. The first-order valence-electron chi connectivity index (χ1n) is 6.02. The number of aromatic nitrogens is 3. The van der Waals surface area contributed by atoms with Crippen LogP contribution in [0, 0.1) is 6.92 Å². The summed E-state index contributed by atoms with van der Waals surface area (Å²) in [4.78, 5) is 9.16. The van der Waals surface area contributed by atoms with Gasteiger partial charge in [-0.25, -0.2) is 9.97 Å². The quantitative estimate of drug-likeness (QED) is 0.796. The highest BCUT2D eigenvalue weighted by Crippen LogP contribution is 2.28. The van der Waals surface area contributed by atoms with Crippen LogP contribution in [0.25, 0.3) is 11.2 Å². The molecule has 0 amide bonds. The van der Waals surface area contributed by atoms with Gasteiger partial charge < -0.3 is 4.57 Å². The van der Waals surface area contributed by atoms with Crippen LogP contribution in [0.5, 0.6) is 0 Å². The summed E-state index contributed by atoms with van der Waals surface area (Å²) < 4.78 is 2.17. The van der Waals surface area contributed by atoms with E-state index in [-0.39, 0.29) is 5.38 Å². The van der Waals surface area contributed by atoms with E-state index in [2.05, 4.69) is 33.8 Å². The third-order valence-electron chi connectivity index (χ3n) is 2.90. The van der Waals surface area contributed by atoms with Crippen LogP contribution in [-0.2, 0) is 0 Å². The van der Waals surface area contributed by atoms with E-state index in [1.165, 1.54) is 0 Å². The molecule has 0 aromatic carbocycles. The summed E-state index contributed by atoms with van der Waals surface area (Å²) in [5, 5.41) is -0.108. The van der Waals surface area contributed by atoms with Crippen LogP contribution in [-0.4, -0.2) is 26.5 Å². The Hall–Kier alpha value is -0.740. The lowest BCUT2D eigenvalue weighted by atomic mass is 10.3. The van der Waals surface area contributed by atoms with Crippen LogP contribution < -0.4 is 0 Å². The number of hydrogen-bond donors (Lipinski definition) is 0. The van der Waals surface area contributed by atoms with Crippen LogP contribution in [0.4, 0.5) is 0 Å². The van der Waals surface area contributed by atoms with Crippen molar-refractivity contribution in [2.45, 2.75) is 32.2 Å². The summed E-state index contributed by atoms with van der Waals surface area (Å²) in [7, 11) is 0. The normalized spacial score (nSPS) is 14.9. The Balaban J connectivity index is 2.62. The van der Waals surface area contributed by atoms with Gasteiger partial charge in [0.05, 0.1) is 5.38 Å². The van der Waals surface area contributed by atoms with Crippen molar-refractivity contribution >= 4 is 34.5 Å². The summed E-state index contributed by atoms with van der Waals surface area (Å²) >= 11 is 8.07. The molecule has 98 valence electrons. The molecule has 2 unspecified atom stereocenters. The first-order chi connectivity index (χ1) is 8.54. The van der Waals surface area contributed by atoms with E-state index in [4.69, 9.17) is 11.6 Å². The number of imidazole rings is 1. The maximum atomic E-state index is 6.25. The lowest BCUT2D eigenvalue weighted by Gasteiger charge is -2.16. The van der Waals surface area contributed by atoms with Gasteiger partial charge in [-0.15, -0.1) is 11.6 Å². The summed E-state index contributed by atoms with van der Waals surface area (Å²) in [6, 6.07) is 2.41. The van der Waals surface area contributed by atoms with Gasteiger partial charge in [-0.3, -0.25) is 0 Å². The van der Waals surface area contributed by atoms with Gasteiger partial charge in [0, 0.05) is 18.0 Å². The molecule has 2 rings (SSSR count). The molecular weight excluding hydrogens is 266 g/mol. The van der Waals surface area contributed by atoms with Gasteiger partial charge in [0.2, 0.25) is 0 Å². The topological polar surface area (TPSA) is 30.7 Å². The zero-order chi connectivity index (χ0) is 13.3. The van der Waals surface area contributed by atoms with Crippen molar-refractivity contribution < 1.29 is 0 Å². The third kappa shape index (κ3) is 2.50. The van der Waals surface area contributed by atoms with Crippen LogP contribution in [0.1, 0.15) is 36.7 Å². The number of fused-ring (bicyclic) bond motifs is 1. The van der Waals surface area contributed by atoms with Gasteiger partial charge in [0.15, 0.2) is 5.65 Å². The van der Waals surface area contributed by atoms with Crippen LogP contribution in [0.15, 0.2) is 12.3 Å². The standard InChI is InChI=1S/C13H18ClN3S/c1-8-5-11-13(15-6-8)17(9(2)7-18-4)12(16-11)10(3)14/h5-6,9-10H,7H2,1-4H3. The average Bonchev–Trinajstić information content (AvgIpc) is 2.67. The summed E-state index contributed by atoms with van der Waals surface area (Å²) in [5.41, 5.74) is 2.99. The van der Waals surface area contributed by atoms with E-state index in [9.17, 15) is 0 Å². The molecule has 0 radical (unpaired) electrons. The Kier molecular flexibility index (Phi) is 4.17. The summed E-state index contributed by atoms with van der Waals surface area (Å²) in [6.07, 6.45) is 3.99. The van der Waals surface area contributed by atoms with Gasteiger partial charge >= 0.3 is 0 Å². The van der Waals surface area contributed by atoms with E-state index in [1.54, 1.807) is 0 Å². The molecule has 0 bridgehead atoms. The van der Waals surface area contributed by atoms with Crippen molar-refractivity contribution in [1.29, 1.82) is 0 Å². The molecule has 0 spiro atoms. The van der Waals surface area contributed by atoms with Crippen LogP contribution in [0.3, 0.4) is 0 Å². The Labute approximate surface area is 117 Å². The van der Waals surface area contributed by atoms with Crippen molar-refractivity contribution in [2.24, 2.45) is 0 Å². The number of alkyl halides is 1. The second-order valence-electron chi connectivity index (χ2n) is 4.62. The maximum absolute atomic E-state index is 6.25. The SMILES string of the molecule is CSCC(C)n1c(C(C)Cl)nc2cc(C)cnc21. The molecule has 2 aromatic rings. The zero-order valence-electron chi connectivity index (χ0n) is 11.1. The second-order valence-corrected chi connectivity index (χ2v) is 6.18. The minimum atomic E-state index is -0.108. The maximum Gasteiger partial charge on any atom is 0.160 e. The number of pyridine rings is 1. The fourth-order valence-electron chi connectivity index (χ4n) is 2.13. The Morgan fingerprint density at radius 3 is 2.78 bits per heavy atom. The number of rotatable bonds is 4. The lowest BCUT2D eigenvalue weighted by molar-refractivity contribution is 0.589. The molecule has 5 heteroatoms. The Morgan fingerprint density at radius 2 is 2.17 bits per heavy atom. The van der Waals surface area contributed by atoms with Gasteiger partial charge in [-0.05, 0) is 38.7 Å². The van der Waals surface area contributed by atoms with Crippen LogP contribution in [0.2, 0.25) is 0 Å². The molecule has 2 heterocycles. The second kappa shape index (κ2) is 5.49. The molecule has 0 aliphatic carbocycles. The Morgan fingerprint density at radius 1 is 1.44 bits per heavy atom. The van der Waals surface area contributed by atoms with E-state index in [0.29, 0.717) is 6.04 Å². The number of aryl methyl sites for hydroxylation is 1. The summed E-state index contributed by atoms with van der Waals surface area (Å²) in [6.45, 7) is 6.17. The van der Waals surface area contributed by atoms with Crippen LogP contribution >= 0.6 is 23.4 Å². The van der Waals surface area contributed by atoms with Gasteiger partial charge in [0.1, 0.15) is 11.3 Å². The lowest BCUT2D eigenvalue weighted by Crippen LogP contribution is -2.12. The van der Waals surface area contributed by atoms with Crippen molar-refractivity contribution in [2.75, 3.05) is 12.0 Å². The van der Waals surface area contributed by atoms with Gasteiger partial charge in [-0.1, -0.05) is 0 Å². The monoisotopic (exact) mass is 283 g/mol. The van der Waals surface area contributed by atoms with Crippen molar-refractivity contribution in [3.05, 3.63) is 23.7 Å². The molecule has 0 N–H and O–H groups in total. The zero-order valence-corrected chi connectivity index (χ0v) is 12.7. The first-order valence-corrected chi connectivity index (χ1v) is 7.85. The molecule has 3 nitrogen and oxygen atoms in total. The molecule has 0 fully saturated rings. The highest BCUT2D eigenvalue weighted by Gasteiger charge is 2.19. The molecule has 0 aliphatic rings. The van der Waals surface area contributed by atoms with Gasteiger partial charge in [0.25, 0.3) is 0 Å². The number of halogens is 1. The molecule has 2 atom stereocenters. The molecule has 0 aliphatic heterocycles. The third-order valence-corrected chi connectivity index (χ3v) is 3.91. The number of thioether (sulfide) groups is 1. The predicted molar refractivity (Wildman–Crippen MR) is 79.6 cm³/mol. The van der Waals surface area contributed by atoms with Crippen molar-refractivity contribution in [1.82, 2.24) is 14.5 Å². The molecule has 2 aromatic heterocycles. The van der Waals surface area contributed by atoms with Gasteiger partial charge in [-0.2, -0.15) is 11.8 Å². The van der Waals surface area contributed by atoms with Crippen molar-refractivity contribution in [3.8, 4) is 0 Å². The first kappa shape index (κ1) is 13.7. The van der Waals surface area contributed by atoms with E-state index in [1.807, 2.05) is 31.8 Å². The fourth-order valence-corrected chi connectivity index (χ4v) is 2.92. The van der Waals surface area contributed by atoms with E-state index < -0.39 is 0 Å². The highest BCUT2D eigenvalue weighted by atomic mass is 35.5. The molecular formula is C13H18ClN3S. The Bertz CT molecular complexity index is 550. The smallest absolute Gasteiger partial charge is 0.160 e. The van der Waals surface area contributed by atoms with E-state index in [0.717, 1.165) is 28.3 Å². The number of nitrogens with zero attached hydrogens (tertiary/aromatic N) is 3.